The molecular weight excluding hydrogens is 152 g/mol. The molecular formula is C8H12N4. The maximum Gasteiger partial charge on any atom is 0.162 e. The van der Waals surface area contributed by atoms with Crippen LogP contribution in [0, 0.1) is 22.7 Å². The van der Waals surface area contributed by atoms with Crippen LogP contribution in [0.15, 0.2) is 10.2 Å². The van der Waals surface area contributed by atoms with Crippen molar-refractivity contribution >= 4 is 0 Å². The fourth-order valence-electron chi connectivity index (χ4n) is 0.265. The van der Waals surface area contributed by atoms with Gasteiger partial charge in [0, 0.05) is 2.74 Å². The van der Waals surface area contributed by atoms with E-state index in [1.165, 1.54) is 13.8 Å². The fraction of sp³-hybridized carbons (Fsp3) is 0.750. The first-order valence-corrected chi connectivity index (χ1v) is 3.30. The van der Waals surface area contributed by atoms with Crippen LogP contribution in [0.5, 0.6) is 0 Å². The van der Waals surface area contributed by atoms with E-state index in [4.69, 9.17) is 13.3 Å². The van der Waals surface area contributed by atoms with Gasteiger partial charge in [0.25, 0.3) is 0 Å². The third-order valence-electron chi connectivity index (χ3n) is 0.973. The molecule has 0 aromatic rings. The zero-order valence-electron chi connectivity index (χ0n) is 9.20. The van der Waals surface area contributed by atoms with Crippen LogP contribution in [0.3, 0.4) is 0 Å². The Bertz CT molecular complexity index is 273. The molecule has 64 valence electrons. The Morgan fingerprint density at radius 2 is 1.42 bits per heavy atom. The van der Waals surface area contributed by atoms with Gasteiger partial charge in [0.2, 0.25) is 0 Å². The minimum Gasteiger partial charge on any atom is -0.196 e. The molecule has 0 heterocycles. The van der Waals surface area contributed by atoms with Crippen molar-refractivity contribution in [3.63, 3.8) is 0 Å². The van der Waals surface area contributed by atoms with Crippen LogP contribution in [0.25, 0.3) is 0 Å². The second-order valence-electron chi connectivity index (χ2n) is 2.97. The molecule has 0 aromatic carbocycles. The topological polar surface area (TPSA) is 72.3 Å². The van der Waals surface area contributed by atoms with Crippen molar-refractivity contribution in [2.75, 3.05) is 0 Å². The predicted molar refractivity (Wildman–Crippen MR) is 44.2 cm³/mol. The molecule has 4 nitrogen and oxygen atoms in total. The van der Waals surface area contributed by atoms with Crippen molar-refractivity contribution in [3.05, 3.63) is 0 Å². The largest absolute Gasteiger partial charge is 0.196 e. The van der Waals surface area contributed by atoms with Crippen molar-refractivity contribution in [3.8, 4) is 12.1 Å². The molecule has 4 heteroatoms. The summed E-state index contributed by atoms with van der Waals surface area (Å²) in [5.41, 5.74) is -2.43. The van der Waals surface area contributed by atoms with Gasteiger partial charge in [0.15, 0.2) is 11.1 Å². The molecule has 0 aliphatic carbocycles. The summed E-state index contributed by atoms with van der Waals surface area (Å²) >= 11 is 0. The Labute approximate surface area is 75.3 Å². The molecule has 0 rings (SSSR count). The van der Waals surface area contributed by atoms with Crippen molar-refractivity contribution in [1.82, 2.24) is 0 Å². The van der Waals surface area contributed by atoms with Gasteiger partial charge < -0.3 is 0 Å². The van der Waals surface area contributed by atoms with Crippen molar-refractivity contribution in [2.24, 2.45) is 10.2 Å². The Balaban J connectivity index is 4.76. The van der Waals surface area contributed by atoms with Crippen LogP contribution < -0.4 is 0 Å². The monoisotopic (exact) mass is 166 g/mol. The number of nitriles is 2. The summed E-state index contributed by atoms with van der Waals surface area (Å²) < 4.78 is 14.1. The van der Waals surface area contributed by atoms with E-state index in [0.717, 1.165) is 0 Å². The lowest BCUT2D eigenvalue weighted by Gasteiger charge is -2.11. The molecule has 0 spiro atoms. The van der Waals surface area contributed by atoms with Gasteiger partial charge >= 0.3 is 0 Å². The number of azo groups is 1. The highest BCUT2D eigenvalue weighted by atomic mass is 15.2. The van der Waals surface area contributed by atoms with Crippen molar-refractivity contribution in [1.29, 1.82) is 10.5 Å². The maximum atomic E-state index is 8.67. The van der Waals surface area contributed by atoms with Crippen LogP contribution in [0.1, 0.15) is 30.4 Å². The van der Waals surface area contributed by atoms with E-state index in [2.05, 4.69) is 10.2 Å². The van der Waals surface area contributed by atoms with Gasteiger partial charge in [-0.1, -0.05) is 0 Å². The van der Waals surface area contributed by atoms with Crippen LogP contribution in [0.2, 0.25) is 0 Å². The highest BCUT2D eigenvalue weighted by Gasteiger charge is 2.19. The summed E-state index contributed by atoms with van der Waals surface area (Å²) in [7, 11) is 0. The molecule has 0 amide bonds. The van der Waals surface area contributed by atoms with E-state index in [9.17, 15) is 0 Å². The lowest BCUT2D eigenvalue weighted by Crippen LogP contribution is -2.17. The van der Waals surface area contributed by atoms with Gasteiger partial charge in [-0.2, -0.15) is 20.8 Å². The molecule has 0 saturated carbocycles. The van der Waals surface area contributed by atoms with Gasteiger partial charge in [0.1, 0.15) is 0 Å². The summed E-state index contributed by atoms with van der Waals surface area (Å²) in [6, 6.07) is 3.66. The number of rotatable bonds is 2. The summed E-state index contributed by atoms with van der Waals surface area (Å²) in [6.45, 7) is 2.50. The second kappa shape index (κ2) is 3.32. The molecule has 0 aromatic heterocycles. The first-order chi connectivity index (χ1) is 6.45. The van der Waals surface area contributed by atoms with Crippen molar-refractivity contribution < 1.29 is 2.74 Å². The molecule has 0 radical (unpaired) electrons. The molecule has 2 atom stereocenters. The average molecular weight is 166 g/mol. The van der Waals surface area contributed by atoms with Gasteiger partial charge in [-0.15, -0.1) is 0 Å². The van der Waals surface area contributed by atoms with Crippen LogP contribution in [-0.4, -0.2) is 11.1 Å². The van der Waals surface area contributed by atoms with E-state index in [1.54, 1.807) is 0 Å². The predicted octanol–water partition coefficient (Wildman–Crippen LogP) is 2.04. The van der Waals surface area contributed by atoms with E-state index >= 15 is 0 Å². The normalized spacial score (nSPS) is 22.7. The fourth-order valence-corrected chi connectivity index (χ4v) is 0.265. The smallest absolute Gasteiger partial charge is 0.162 e. The number of hydrogen-bond acceptors (Lipinski definition) is 4. The quantitative estimate of drug-likeness (QED) is 0.589. The van der Waals surface area contributed by atoms with E-state index < -0.39 is 11.1 Å². The minimum absolute atomic E-state index is 0.216. The molecule has 0 aliphatic heterocycles. The van der Waals surface area contributed by atoms with Crippen LogP contribution >= 0.6 is 0 Å². The van der Waals surface area contributed by atoms with E-state index in [1.807, 2.05) is 12.1 Å². The standard InChI is InChI=1S/C8H12N4/c1-7(2,5-9)11-12-8(3,4)6-10/h1-4H3/i1D,3D. The lowest BCUT2D eigenvalue weighted by molar-refractivity contribution is 0.541. The Kier molecular flexibility index (Phi) is 2.00. The summed E-state index contributed by atoms with van der Waals surface area (Å²) in [6.07, 6.45) is 0. The zero-order chi connectivity index (χ0) is 11.2. The Morgan fingerprint density at radius 1 is 1.08 bits per heavy atom. The van der Waals surface area contributed by atoms with E-state index in [0.29, 0.717) is 0 Å². The maximum absolute atomic E-state index is 8.67. The van der Waals surface area contributed by atoms with Gasteiger partial charge in [-0.25, -0.2) is 0 Å². The number of nitrogens with zero attached hydrogens (tertiary/aromatic N) is 4. The molecule has 0 N–H and O–H groups in total. The SMILES string of the molecule is [2H]CC(C)(C#N)N=NC(C)(C#N)C[2H]. The third-order valence-corrected chi connectivity index (χ3v) is 0.973. The zero-order valence-corrected chi connectivity index (χ0v) is 7.20. The highest BCUT2D eigenvalue weighted by Crippen LogP contribution is 2.13. The second-order valence-corrected chi connectivity index (χ2v) is 2.97. The first kappa shape index (κ1) is 7.24. The summed E-state index contributed by atoms with van der Waals surface area (Å²) in [4.78, 5) is 0. The molecule has 2 unspecified atom stereocenters. The van der Waals surface area contributed by atoms with Crippen LogP contribution in [0.4, 0.5) is 0 Å². The molecule has 12 heavy (non-hydrogen) atoms. The third kappa shape index (κ3) is 3.68. The average Bonchev–Trinajstić information content (AvgIpc) is 2.25. The molecule has 0 aliphatic rings. The summed E-state index contributed by atoms with van der Waals surface area (Å²) in [5.74, 6) is 0. The first-order valence-electron chi connectivity index (χ1n) is 4.72. The highest BCUT2D eigenvalue weighted by molar-refractivity contribution is 5.03. The lowest BCUT2D eigenvalue weighted by atomic mass is 10.1. The molecule has 0 saturated heterocycles. The number of hydrogen-bond donors (Lipinski definition) is 0. The van der Waals surface area contributed by atoms with Gasteiger partial charge in [-0.05, 0) is 27.6 Å². The van der Waals surface area contributed by atoms with Crippen LogP contribution in [-0.2, 0) is 0 Å². The molecule has 0 fully saturated rings. The Morgan fingerprint density at radius 3 is 1.58 bits per heavy atom. The van der Waals surface area contributed by atoms with E-state index in [-0.39, 0.29) is 13.8 Å². The van der Waals surface area contributed by atoms with Crippen molar-refractivity contribution in [2.45, 2.75) is 38.7 Å². The Hall–Kier alpha value is -1.42. The van der Waals surface area contributed by atoms with Gasteiger partial charge in [0.05, 0.1) is 12.1 Å². The van der Waals surface area contributed by atoms with Gasteiger partial charge in [-0.3, -0.25) is 0 Å². The minimum atomic E-state index is -1.21. The summed E-state index contributed by atoms with van der Waals surface area (Å²) in [5, 5.41) is 24.6. The molecule has 0 bridgehead atoms.